The van der Waals surface area contributed by atoms with Crippen molar-refractivity contribution < 1.29 is 14.8 Å². The lowest BCUT2D eigenvalue weighted by Crippen LogP contribution is -2.45. The van der Waals surface area contributed by atoms with Gasteiger partial charge in [-0.1, -0.05) is 6.07 Å². The van der Waals surface area contributed by atoms with E-state index in [1.54, 1.807) is 12.1 Å². The highest BCUT2D eigenvalue weighted by molar-refractivity contribution is 5.59. The van der Waals surface area contributed by atoms with E-state index in [0.29, 0.717) is 39.1 Å². The van der Waals surface area contributed by atoms with Crippen molar-refractivity contribution in [3.05, 3.63) is 33.9 Å². The number of anilines is 1. The van der Waals surface area contributed by atoms with Crippen LogP contribution in [0.1, 0.15) is 18.4 Å². The summed E-state index contributed by atoms with van der Waals surface area (Å²) in [4.78, 5) is 12.2. The Morgan fingerprint density at radius 2 is 2.14 bits per heavy atom. The summed E-state index contributed by atoms with van der Waals surface area (Å²) in [7, 11) is 1.91. The first-order valence-electron chi connectivity index (χ1n) is 6.91. The first-order chi connectivity index (χ1) is 9.89. The van der Waals surface area contributed by atoms with Crippen molar-refractivity contribution in [3.8, 4) is 0 Å². The molecule has 1 aromatic carbocycles. The molecule has 116 valence electrons. The monoisotopic (exact) mass is 295 g/mol. The van der Waals surface area contributed by atoms with Crippen LogP contribution in [-0.4, -0.2) is 47.3 Å². The lowest BCUT2D eigenvalue weighted by atomic mass is 9.94. The van der Waals surface area contributed by atoms with E-state index >= 15 is 0 Å². The van der Waals surface area contributed by atoms with Gasteiger partial charge in [0.1, 0.15) is 5.69 Å². The Bertz CT molecular complexity index is 515. The average Bonchev–Trinajstić information content (AvgIpc) is 2.38. The zero-order valence-electron chi connectivity index (χ0n) is 12.1. The third-order valence-electron chi connectivity index (χ3n) is 3.73. The van der Waals surface area contributed by atoms with Crippen LogP contribution in [0.15, 0.2) is 18.2 Å². The summed E-state index contributed by atoms with van der Waals surface area (Å²) in [6.45, 7) is 2.27. The van der Waals surface area contributed by atoms with E-state index in [2.05, 4.69) is 0 Å². The molecule has 0 spiro atoms. The first kappa shape index (κ1) is 15.7. The molecule has 7 nitrogen and oxygen atoms in total. The molecule has 0 saturated carbocycles. The number of hydrogen-bond donors (Lipinski definition) is 2. The number of benzene rings is 1. The Morgan fingerprint density at radius 3 is 2.71 bits per heavy atom. The molecule has 1 fully saturated rings. The molecule has 21 heavy (non-hydrogen) atoms. The minimum absolute atomic E-state index is 0.0792. The molecule has 1 aromatic rings. The number of rotatable bonds is 5. The van der Waals surface area contributed by atoms with Gasteiger partial charge >= 0.3 is 0 Å². The second-order valence-corrected chi connectivity index (χ2v) is 5.66. The third kappa shape index (κ3) is 4.13. The highest BCUT2D eigenvalue weighted by Crippen LogP contribution is 2.24. The van der Waals surface area contributed by atoms with E-state index in [1.165, 1.54) is 6.07 Å². The summed E-state index contributed by atoms with van der Waals surface area (Å²) in [5.74, 6) is 0. The van der Waals surface area contributed by atoms with Gasteiger partial charge in [-0.3, -0.25) is 15.0 Å². The van der Waals surface area contributed by atoms with Gasteiger partial charge in [0.05, 0.1) is 10.5 Å². The van der Waals surface area contributed by atoms with Crippen LogP contribution in [0.2, 0.25) is 0 Å². The molecule has 3 N–H and O–H groups in total. The molecular weight excluding hydrogens is 274 g/mol. The number of ether oxygens (including phenoxy) is 1. The van der Waals surface area contributed by atoms with Gasteiger partial charge in [-0.2, -0.15) is 0 Å². The summed E-state index contributed by atoms with van der Waals surface area (Å²) in [5, 5.41) is 21.2. The predicted molar refractivity (Wildman–Crippen MR) is 78.8 cm³/mol. The zero-order chi connectivity index (χ0) is 15.5. The number of nitro groups is 1. The minimum atomic E-state index is -0.723. The summed E-state index contributed by atoms with van der Waals surface area (Å²) in [6, 6.07) is 4.73. The van der Waals surface area contributed by atoms with Gasteiger partial charge in [0.2, 0.25) is 0 Å². The van der Waals surface area contributed by atoms with Crippen LogP contribution in [0, 0.1) is 10.1 Å². The molecule has 0 aromatic heterocycles. The zero-order valence-corrected chi connectivity index (χ0v) is 12.1. The van der Waals surface area contributed by atoms with Gasteiger partial charge in [0.25, 0.3) is 5.69 Å². The summed E-state index contributed by atoms with van der Waals surface area (Å²) in [5.41, 5.74) is 5.93. The molecule has 0 bridgehead atoms. The topological polar surface area (TPSA) is 102 Å². The van der Waals surface area contributed by atoms with Crippen LogP contribution in [-0.2, 0) is 11.3 Å². The fraction of sp³-hybridized carbons (Fsp3) is 0.571. The van der Waals surface area contributed by atoms with E-state index in [0.717, 1.165) is 5.56 Å². The standard InChI is InChI=1S/C14H21N3O4/c1-16(10-14(18)4-6-21-7-5-14)9-11-2-3-13(17(19)20)12(15)8-11/h2-3,8,18H,4-7,9-10,15H2,1H3. The Hall–Kier alpha value is -1.70. The van der Waals surface area contributed by atoms with Crippen molar-refractivity contribution in [1.82, 2.24) is 4.90 Å². The van der Waals surface area contributed by atoms with Crippen LogP contribution in [0.5, 0.6) is 0 Å². The van der Waals surface area contributed by atoms with Crippen LogP contribution in [0.4, 0.5) is 11.4 Å². The van der Waals surface area contributed by atoms with Crippen molar-refractivity contribution in [2.24, 2.45) is 0 Å². The summed E-state index contributed by atoms with van der Waals surface area (Å²) >= 11 is 0. The fourth-order valence-corrected chi connectivity index (χ4v) is 2.65. The van der Waals surface area contributed by atoms with Crippen molar-refractivity contribution >= 4 is 11.4 Å². The number of likely N-dealkylation sites (N-methyl/N-ethyl adjacent to an activating group) is 1. The third-order valence-corrected chi connectivity index (χ3v) is 3.73. The second kappa shape index (κ2) is 6.38. The van der Waals surface area contributed by atoms with Crippen LogP contribution >= 0.6 is 0 Å². The Labute approximate surface area is 123 Å². The first-order valence-corrected chi connectivity index (χ1v) is 6.91. The fourth-order valence-electron chi connectivity index (χ4n) is 2.65. The maximum Gasteiger partial charge on any atom is 0.292 e. The van der Waals surface area contributed by atoms with Crippen LogP contribution in [0.3, 0.4) is 0 Å². The highest BCUT2D eigenvalue weighted by Gasteiger charge is 2.31. The summed E-state index contributed by atoms with van der Waals surface area (Å²) < 4.78 is 5.26. The van der Waals surface area contributed by atoms with E-state index in [1.807, 2.05) is 11.9 Å². The lowest BCUT2D eigenvalue weighted by Gasteiger charge is -2.35. The molecule has 0 atom stereocenters. The second-order valence-electron chi connectivity index (χ2n) is 5.66. The maximum atomic E-state index is 10.7. The molecule has 1 heterocycles. The van der Waals surface area contributed by atoms with Crippen LogP contribution in [0.25, 0.3) is 0 Å². The minimum Gasteiger partial charge on any atom is -0.393 e. The van der Waals surface area contributed by atoms with Gasteiger partial charge in [0, 0.05) is 45.2 Å². The normalized spacial score (nSPS) is 17.9. The van der Waals surface area contributed by atoms with E-state index in [4.69, 9.17) is 10.5 Å². The van der Waals surface area contributed by atoms with Gasteiger partial charge in [-0.25, -0.2) is 0 Å². The molecule has 1 aliphatic heterocycles. The number of nitrogen functional groups attached to an aromatic ring is 1. The van der Waals surface area contributed by atoms with Gasteiger partial charge < -0.3 is 15.6 Å². The number of nitrogens with zero attached hydrogens (tertiary/aromatic N) is 2. The Kier molecular flexibility index (Phi) is 4.76. The SMILES string of the molecule is CN(Cc1ccc([N+](=O)[O-])c(N)c1)CC1(O)CCOCC1. The highest BCUT2D eigenvalue weighted by atomic mass is 16.6. The molecule has 0 aliphatic carbocycles. The largest absolute Gasteiger partial charge is 0.393 e. The molecule has 1 aliphatic rings. The van der Waals surface area contributed by atoms with E-state index < -0.39 is 10.5 Å². The molecule has 0 radical (unpaired) electrons. The molecule has 1 saturated heterocycles. The number of hydrogen-bond acceptors (Lipinski definition) is 6. The smallest absolute Gasteiger partial charge is 0.292 e. The molecule has 7 heteroatoms. The van der Waals surface area contributed by atoms with Crippen molar-refractivity contribution in [1.29, 1.82) is 0 Å². The number of nitro benzene ring substituents is 1. The van der Waals surface area contributed by atoms with Gasteiger partial charge in [0.15, 0.2) is 0 Å². The summed E-state index contributed by atoms with van der Waals surface area (Å²) in [6.07, 6.45) is 1.25. The van der Waals surface area contributed by atoms with Crippen LogP contribution < -0.4 is 5.73 Å². The van der Waals surface area contributed by atoms with E-state index in [-0.39, 0.29) is 11.4 Å². The molecule has 0 unspecified atom stereocenters. The van der Waals surface area contributed by atoms with Crippen molar-refractivity contribution in [2.75, 3.05) is 32.5 Å². The van der Waals surface area contributed by atoms with Crippen molar-refractivity contribution in [2.45, 2.75) is 25.0 Å². The average molecular weight is 295 g/mol. The quantitative estimate of drug-likeness (QED) is 0.480. The predicted octanol–water partition coefficient (Wildman–Crippen LogP) is 1.15. The molecule has 0 amide bonds. The lowest BCUT2D eigenvalue weighted by molar-refractivity contribution is -0.383. The maximum absolute atomic E-state index is 10.7. The molecular formula is C14H21N3O4. The number of aliphatic hydroxyl groups is 1. The van der Waals surface area contributed by atoms with Crippen molar-refractivity contribution in [3.63, 3.8) is 0 Å². The van der Waals surface area contributed by atoms with E-state index in [9.17, 15) is 15.2 Å². The van der Waals surface area contributed by atoms with Gasteiger partial charge in [-0.15, -0.1) is 0 Å². The number of nitrogens with two attached hydrogens (primary N) is 1. The van der Waals surface area contributed by atoms with Gasteiger partial charge in [-0.05, 0) is 18.7 Å². The Morgan fingerprint density at radius 1 is 1.48 bits per heavy atom. The Balaban J connectivity index is 1.97. The molecule has 2 rings (SSSR count).